The smallest absolute Gasteiger partial charge is 0.407 e. The van der Waals surface area contributed by atoms with Crippen LogP contribution in [0, 0.1) is 0 Å². The largest absolute Gasteiger partial charge is 0.480 e. The number of hydrogen-bond acceptors (Lipinski definition) is 4. The van der Waals surface area contributed by atoms with Crippen molar-refractivity contribution < 1.29 is 19.4 Å². The van der Waals surface area contributed by atoms with Gasteiger partial charge in [-0.05, 0) is 19.3 Å². The Morgan fingerprint density at radius 1 is 1.24 bits per heavy atom. The zero-order chi connectivity index (χ0) is 16.1. The van der Waals surface area contributed by atoms with Gasteiger partial charge in [-0.1, -0.05) is 26.2 Å². The number of alkyl carbamates (subject to hydrolysis) is 1. The van der Waals surface area contributed by atoms with Gasteiger partial charge in [-0.2, -0.15) is 0 Å². The number of nitrogens with zero attached hydrogens (tertiary/aromatic N) is 1. The fourth-order valence-electron chi connectivity index (χ4n) is 1.64. The van der Waals surface area contributed by atoms with E-state index >= 15 is 0 Å². The molecule has 1 amide bonds. The maximum Gasteiger partial charge on any atom is 0.407 e. The number of carbonyl (C=O) groups is 2. The maximum absolute atomic E-state index is 11.5. The summed E-state index contributed by atoms with van der Waals surface area (Å²) >= 11 is 0. The Kier molecular flexibility index (Phi) is 10.7. The van der Waals surface area contributed by atoms with E-state index in [9.17, 15) is 9.59 Å². The number of rotatable bonds is 11. The molecule has 0 radical (unpaired) electrons. The average Bonchev–Trinajstić information content (AvgIpc) is 2.41. The highest BCUT2D eigenvalue weighted by Crippen LogP contribution is 2.01. The highest BCUT2D eigenvalue weighted by molar-refractivity contribution is 5.79. The molecule has 0 aliphatic carbocycles. The van der Waals surface area contributed by atoms with Gasteiger partial charge in [0, 0.05) is 6.54 Å². The minimum absolute atomic E-state index is 0.0404. The van der Waals surface area contributed by atoms with Gasteiger partial charge in [-0.15, -0.1) is 0 Å². The van der Waals surface area contributed by atoms with E-state index in [1.54, 1.807) is 0 Å². The van der Waals surface area contributed by atoms with Crippen molar-refractivity contribution in [3.63, 3.8) is 0 Å². The lowest BCUT2D eigenvalue weighted by Crippen LogP contribution is -2.41. The summed E-state index contributed by atoms with van der Waals surface area (Å²) in [4.78, 5) is 26.2. The Bertz CT molecular complexity index is 343. The van der Waals surface area contributed by atoms with E-state index in [4.69, 9.17) is 21.3 Å². The third-order valence-corrected chi connectivity index (χ3v) is 2.77. The molecule has 0 aromatic carbocycles. The molecule has 1 atom stereocenters. The molecule has 6 N–H and O–H groups in total. The van der Waals surface area contributed by atoms with Crippen LogP contribution < -0.4 is 16.8 Å². The molecule has 0 aliphatic rings. The van der Waals surface area contributed by atoms with Crippen LogP contribution in [-0.4, -0.2) is 42.3 Å². The number of aliphatic carboxylic acids is 1. The summed E-state index contributed by atoms with van der Waals surface area (Å²) in [6, 6.07) is -0.998. The van der Waals surface area contributed by atoms with Crippen LogP contribution in [0.15, 0.2) is 4.99 Å². The van der Waals surface area contributed by atoms with Crippen molar-refractivity contribution in [2.45, 2.75) is 51.5 Å². The number of unbranched alkanes of at least 4 members (excludes halogenated alkanes) is 3. The normalized spacial score (nSPS) is 11.5. The number of nitrogens with one attached hydrogen (secondary N) is 1. The van der Waals surface area contributed by atoms with Crippen LogP contribution in [0.25, 0.3) is 0 Å². The van der Waals surface area contributed by atoms with E-state index < -0.39 is 18.1 Å². The molecule has 0 unspecified atom stereocenters. The first kappa shape index (κ1) is 19.0. The molecule has 8 heteroatoms. The zero-order valence-corrected chi connectivity index (χ0v) is 12.5. The van der Waals surface area contributed by atoms with E-state index in [1.807, 2.05) is 0 Å². The molecule has 0 bridgehead atoms. The maximum atomic E-state index is 11.5. The Morgan fingerprint density at radius 2 is 1.95 bits per heavy atom. The Labute approximate surface area is 124 Å². The number of hydrogen-bond donors (Lipinski definition) is 4. The minimum atomic E-state index is -1.11. The summed E-state index contributed by atoms with van der Waals surface area (Å²) < 4.78 is 4.93. The first-order valence-electron chi connectivity index (χ1n) is 7.18. The van der Waals surface area contributed by atoms with Gasteiger partial charge >= 0.3 is 12.1 Å². The van der Waals surface area contributed by atoms with Crippen molar-refractivity contribution in [2.24, 2.45) is 16.5 Å². The Morgan fingerprint density at radius 3 is 2.52 bits per heavy atom. The molecule has 0 saturated carbocycles. The van der Waals surface area contributed by atoms with Gasteiger partial charge in [-0.25, -0.2) is 9.59 Å². The third kappa shape index (κ3) is 11.5. The van der Waals surface area contributed by atoms with Crippen LogP contribution in [0.1, 0.15) is 45.4 Å². The molecule has 122 valence electrons. The van der Waals surface area contributed by atoms with Crippen molar-refractivity contribution >= 4 is 18.0 Å². The number of guanidine groups is 1. The van der Waals surface area contributed by atoms with Gasteiger partial charge in [0.2, 0.25) is 0 Å². The van der Waals surface area contributed by atoms with Gasteiger partial charge in [0.15, 0.2) is 5.96 Å². The molecule has 21 heavy (non-hydrogen) atoms. The second-order valence-electron chi connectivity index (χ2n) is 4.68. The van der Waals surface area contributed by atoms with Gasteiger partial charge < -0.3 is 26.6 Å². The molecule has 8 nitrogen and oxygen atoms in total. The van der Waals surface area contributed by atoms with E-state index in [0.29, 0.717) is 19.6 Å². The highest BCUT2D eigenvalue weighted by Gasteiger charge is 2.19. The minimum Gasteiger partial charge on any atom is -0.480 e. The van der Waals surface area contributed by atoms with Crippen molar-refractivity contribution in [1.29, 1.82) is 0 Å². The number of aliphatic imine (C=N–C) groups is 1. The number of ether oxygens (including phenoxy) is 1. The quantitative estimate of drug-likeness (QED) is 0.253. The van der Waals surface area contributed by atoms with Gasteiger partial charge in [-0.3, -0.25) is 4.99 Å². The molecule has 0 rings (SSSR count). The molecule has 0 heterocycles. The molecule has 0 fully saturated rings. The zero-order valence-electron chi connectivity index (χ0n) is 12.5. The summed E-state index contributed by atoms with van der Waals surface area (Å²) in [5.41, 5.74) is 10.3. The van der Waals surface area contributed by atoms with Crippen LogP contribution in [0.3, 0.4) is 0 Å². The second-order valence-corrected chi connectivity index (χ2v) is 4.68. The monoisotopic (exact) mass is 302 g/mol. The molecule has 0 spiro atoms. The topological polar surface area (TPSA) is 140 Å². The molecular weight excluding hydrogens is 276 g/mol. The molecule has 0 aromatic rings. The molecular formula is C13H26N4O4. The van der Waals surface area contributed by atoms with Crippen molar-refractivity contribution in [3.05, 3.63) is 0 Å². The predicted molar refractivity (Wildman–Crippen MR) is 80.0 cm³/mol. The lowest BCUT2D eigenvalue weighted by atomic mass is 10.1. The standard InChI is InChI=1S/C13H26N4O4/c1-2-3-4-5-9-21-13(20)17-10(11(18)19)7-6-8-16-12(14)15/h10H,2-9H2,1H3,(H,17,20)(H,18,19)(H4,14,15,16)/t10-/m0/s1. The molecule has 0 saturated heterocycles. The van der Waals surface area contributed by atoms with Crippen LogP contribution in [-0.2, 0) is 9.53 Å². The highest BCUT2D eigenvalue weighted by atomic mass is 16.5. The number of carbonyl (C=O) groups excluding carboxylic acids is 1. The fraction of sp³-hybridized carbons (Fsp3) is 0.769. The van der Waals surface area contributed by atoms with Crippen molar-refractivity contribution in [1.82, 2.24) is 5.32 Å². The third-order valence-electron chi connectivity index (χ3n) is 2.77. The Balaban J connectivity index is 3.93. The first-order valence-corrected chi connectivity index (χ1v) is 7.18. The van der Waals surface area contributed by atoms with Crippen LogP contribution in [0.4, 0.5) is 4.79 Å². The predicted octanol–water partition coefficient (Wildman–Crippen LogP) is 0.800. The summed E-state index contributed by atoms with van der Waals surface area (Å²) in [6.45, 7) is 2.71. The van der Waals surface area contributed by atoms with Gasteiger partial charge in [0.1, 0.15) is 6.04 Å². The van der Waals surface area contributed by atoms with Crippen LogP contribution >= 0.6 is 0 Å². The number of carboxylic acids is 1. The van der Waals surface area contributed by atoms with E-state index in [-0.39, 0.29) is 12.4 Å². The molecule has 0 aromatic heterocycles. The summed E-state index contributed by atoms with van der Waals surface area (Å²) in [5.74, 6) is -1.15. The van der Waals surface area contributed by atoms with E-state index in [2.05, 4.69) is 17.2 Å². The lowest BCUT2D eigenvalue weighted by molar-refractivity contribution is -0.139. The number of amides is 1. The van der Waals surface area contributed by atoms with Crippen LogP contribution in [0.2, 0.25) is 0 Å². The van der Waals surface area contributed by atoms with Crippen molar-refractivity contribution in [3.8, 4) is 0 Å². The summed E-state index contributed by atoms with van der Waals surface area (Å²) in [5, 5.41) is 11.3. The van der Waals surface area contributed by atoms with Gasteiger partial charge in [0.05, 0.1) is 6.61 Å². The Hall–Kier alpha value is -1.99. The average molecular weight is 302 g/mol. The van der Waals surface area contributed by atoms with Crippen molar-refractivity contribution in [2.75, 3.05) is 13.2 Å². The molecule has 0 aliphatic heterocycles. The van der Waals surface area contributed by atoms with E-state index in [0.717, 1.165) is 25.7 Å². The summed E-state index contributed by atoms with van der Waals surface area (Å²) in [6.07, 6.45) is 3.94. The lowest BCUT2D eigenvalue weighted by Gasteiger charge is -2.14. The van der Waals surface area contributed by atoms with E-state index in [1.165, 1.54) is 0 Å². The number of carboxylic acid groups (broad SMARTS) is 1. The van der Waals surface area contributed by atoms with Gasteiger partial charge in [0.25, 0.3) is 0 Å². The summed E-state index contributed by atoms with van der Waals surface area (Å²) in [7, 11) is 0. The first-order chi connectivity index (χ1) is 9.97. The fourth-order valence-corrected chi connectivity index (χ4v) is 1.64. The number of nitrogens with two attached hydrogens (primary N) is 2. The van der Waals surface area contributed by atoms with Crippen LogP contribution in [0.5, 0.6) is 0 Å². The second kappa shape index (κ2) is 11.8. The SMILES string of the molecule is CCCCCCOC(=O)N[C@@H](CCCN=C(N)N)C(=O)O.